The minimum Gasteiger partial charge on any atom is -0.381 e. The monoisotopic (exact) mass is 300 g/mol. The maximum absolute atomic E-state index is 12.2. The van der Waals surface area contributed by atoms with E-state index in [2.05, 4.69) is 20.8 Å². The summed E-state index contributed by atoms with van der Waals surface area (Å²) in [4.78, 5) is 16.4. The molecule has 0 saturated heterocycles. The van der Waals surface area contributed by atoms with Crippen LogP contribution in [0, 0.1) is 6.92 Å². The Morgan fingerprint density at radius 2 is 2.05 bits per heavy atom. The van der Waals surface area contributed by atoms with Gasteiger partial charge >= 0.3 is 0 Å². The number of carbonyl (C=O) groups excluding carboxylic acids is 1. The molecule has 0 unspecified atom stereocenters. The van der Waals surface area contributed by atoms with E-state index in [0.29, 0.717) is 23.2 Å². The maximum Gasteiger partial charge on any atom is 0.258 e. The lowest BCUT2D eigenvalue weighted by atomic mass is 9.95. The Bertz CT molecular complexity index is 647. The van der Waals surface area contributed by atoms with E-state index in [-0.39, 0.29) is 5.91 Å². The number of amides is 1. The van der Waals surface area contributed by atoms with E-state index in [1.54, 1.807) is 25.4 Å². The van der Waals surface area contributed by atoms with Gasteiger partial charge in [0.25, 0.3) is 5.91 Å². The molecule has 1 saturated carbocycles. The number of hydrogen-bond donors (Lipinski definition) is 2. The van der Waals surface area contributed by atoms with Crippen molar-refractivity contribution < 1.29 is 9.32 Å². The van der Waals surface area contributed by atoms with Gasteiger partial charge in [-0.15, -0.1) is 0 Å². The van der Waals surface area contributed by atoms with Gasteiger partial charge in [0.05, 0.1) is 11.3 Å². The summed E-state index contributed by atoms with van der Waals surface area (Å²) in [7, 11) is 0. The van der Waals surface area contributed by atoms with Crippen molar-refractivity contribution in [3.8, 4) is 0 Å². The van der Waals surface area contributed by atoms with E-state index in [4.69, 9.17) is 4.52 Å². The molecule has 22 heavy (non-hydrogen) atoms. The van der Waals surface area contributed by atoms with Gasteiger partial charge in [0.1, 0.15) is 5.76 Å². The first-order chi connectivity index (χ1) is 10.7. The lowest BCUT2D eigenvalue weighted by Gasteiger charge is -2.23. The van der Waals surface area contributed by atoms with Crippen LogP contribution in [-0.2, 0) is 0 Å². The summed E-state index contributed by atoms with van der Waals surface area (Å²) < 4.78 is 4.93. The molecule has 6 nitrogen and oxygen atoms in total. The van der Waals surface area contributed by atoms with E-state index in [1.807, 2.05) is 6.07 Å². The van der Waals surface area contributed by atoms with Crippen molar-refractivity contribution >= 4 is 17.4 Å². The average molecular weight is 300 g/mol. The van der Waals surface area contributed by atoms with Gasteiger partial charge in [0.15, 0.2) is 5.82 Å². The van der Waals surface area contributed by atoms with Crippen LogP contribution in [0.4, 0.5) is 11.5 Å². The van der Waals surface area contributed by atoms with Gasteiger partial charge in [-0.25, -0.2) is 0 Å². The fraction of sp³-hybridized carbons (Fsp3) is 0.438. The van der Waals surface area contributed by atoms with Crippen LogP contribution < -0.4 is 10.6 Å². The number of nitrogens with zero attached hydrogens (tertiary/aromatic N) is 2. The van der Waals surface area contributed by atoms with Crippen molar-refractivity contribution in [2.45, 2.75) is 45.1 Å². The zero-order valence-electron chi connectivity index (χ0n) is 12.6. The Labute approximate surface area is 129 Å². The van der Waals surface area contributed by atoms with Crippen LogP contribution in [0.25, 0.3) is 0 Å². The lowest BCUT2D eigenvalue weighted by molar-refractivity contribution is 0.102. The summed E-state index contributed by atoms with van der Waals surface area (Å²) in [6.45, 7) is 1.78. The van der Waals surface area contributed by atoms with Crippen molar-refractivity contribution in [1.82, 2.24) is 10.1 Å². The molecule has 6 heteroatoms. The Hall–Kier alpha value is -2.37. The van der Waals surface area contributed by atoms with E-state index in [1.165, 1.54) is 32.1 Å². The number of nitrogens with one attached hydrogen (secondary N) is 2. The third-order valence-electron chi connectivity index (χ3n) is 3.85. The average Bonchev–Trinajstić information content (AvgIpc) is 2.93. The third kappa shape index (κ3) is 3.63. The molecule has 0 radical (unpaired) electrons. The quantitative estimate of drug-likeness (QED) is 0.905. The third-order valence-corrected chi connectivity index (χ3v) is 3.85. The second kappa shape index (κ2) is 6.60. The molecule has 2 aromatic rings. The first-order valence-electron chi connectivity index (χ1n) is 7.67. The van der Waals surface area contributed by atoms with Crippen molar-refractivity contribution in [3.05, 3.63) is 35.9 Å². The SMILES string of the molecule is Cc1cc(NC(=O)c2cncc(NC3CCCCC3)c2)no1. The Morgan fingerprint density at radius 3 is 2.77 bits per heavy atom. The molecule has 1 aliphatic carbocycles. The van der Waals surface area contributed by atoms with Gasteiger partial charge in [-0.1, -0.05) is 24.4 Å². The largest absolute Gasteiger partial charge is 0.381 e. The highest BCUT2D eigenvalue weighted by atomic mass is 16.5. The summed E-state index contributed by atoms with van der Waals surface area (Å²) in [6, 6.07) is 3.98. The molecule has 2 aromatic heterocycles. The second-order valence-electron chi connectivity index (χ2n) is 5.72. The molecule has 1 fully saturated rings. The van der Waals surface area contributed by atoms with Crippen molar-refractivity contribution in [2.24, 2.45) is 0 Å². The summed E-state index contributed by atoms with van der Waals surface area (Å²) in [5.41, 5.74) is 1.39. The smallest absolute Gasteiger partial charge is 0.258 e. The van der Waals surface area contributed by atoms with E-state index >= 15 is 0 Å². The van der Waals surface area contributed by atoms with Gasteiger partial charge in [-0.2, -0.15) is 0 Å². The standard InChI is InChI=1S/C16H20N4O2/c1-11-7-15(20-22-11)19-16(21)12-8-14(10-17-9-12)18-13-5-3-2-4-6-13/h7-10,13,18H,2-6H2,1H3,(H,19,20,21). The Morgan fingerprint density at radius 1 is 1.23 bits per heavy atom. The molecule has 1 aliphatic rings. The van der Waals surface area contributed by atoms with Crippen LogP contribution in [0.15, 0.2) is 29.0 Å². The summed E-state index contributed by atoms with van der Waals surface area (Å²) >= 11 is 0. The van der Waals surface area contributed by atoms with Crippen molar-refractivity contribution in [3.63, 3.8) is 0 Å². The van der Waals surface area contributed by atoms with E-state index in [9.17, 15) is 4.79 Å². The molecule has 0 atom stereocenters. The van der Waals surface area contributed by atoms with Gasteiger partial charge < -0.3 is 15.2 Å². The zero-order valence-corrected chi connectivity index (χ0v) is 12.6. The minimum atomic E-state index is -0.243. The van der Waals surface area contributed by atoms with Crippen LogP contribution >= 0.6 is 0 Å². The molecule has 0 bridgehead atoms. The van der Waals surface area contributed by atoms with Gasteiger partial charge in [0.2, 0.25) is 0 Å². The second-order valence-corrected chi connectivity index (χ2v) is 5.72. The van der Waals surface area contributed by atoms with Crippen LogP contribution in [0.2, 0.25) is 0 Å². The summed E-state index contributed by atoms with van der Waals surface area (Å²) in [6.07, 6.45) is 9.49. The fourth-order valence-electron chi connectivity index (χ4n) is 2.74. The molecule has 116 valence electrons. The highest BCUT2D eigenvalue weighted by Gasteiger charge is 2.14. The van der Waals surface area contributed by atoms with Crippen LogP contribution in [-0.4, -0.2) is 22.1 Å². The molecule has 3 rings (SSSR count). The lowest BCUT2D eigenvalue weighted by Crippen LogP contribution is -2.22. The van der Waals surface area contributed by atoms with Gasteiger partial charge in [-0.05, 0) is 25.8 Å². The number of anilines is 2. The number of aryl methyl sites for hydroxylation is 1. The maximum atomic E-state index is 12.2. The van der Waals surface area contributed by atoms with Gasteiger partial charge in [0, 0.05) is 24.5 Å². The first kappa shape index (κ1) is 14.6. The summed E-state index contributed by atoms with van der Waals surface area (Å²) in [5.74, 6) is 0.822. The zero-order chi connectivity index (χ0) is 15.4. The van der Waals surface area contributed by atoms with E-state index in [0.717, 1.165) is 5.69 Å². The minimum absolute atomic E-state index is 0.243. The molecule has 1 amide bonds. The molecule has 0 aromatic carbocycles. The number of hydrogen-bond acceptors (Lipinski definition) is 5. The van der Waals surface area contributed by atoms with Crippen molar-refractivity contribution in [2.75, 3.05) is 10.6 Å². The Balaban J connectivity index is 1.66. The Kier molecular flexibility index (Phi) is 4.37. The first-order valence-corrected chi connectivity index (χ1v) is 7.67. The van der Waals surface area contributed by atoms with E-state index < -0.39 is 0 Å². The normalized spacial score (nSPS) is 15.5. The number of pyridine rings is 1. The fourth-order valence-corrected chi connectivity index (χ4v) is 2.74. The number of rotatable bonds is 4. The highest BCUT2D eigenvalue weighted by Crippen LogP contribution is 2.21. The van der Waals surface area contributed by atoms with Gasteiger partial charge in [-0.3, -0.25) is 9.78 Å². The topological polar surface area (TPSA) is 80.0 Å². The molecule has 0 aliphatic heterocycles. The van der Waals surface area contributed by atoms with Crippen LogP contribution in [0.3, 0.4) is 0 Å². The molecule has 2 N–H and O–H groups in total. The molecular weight excluding hydrogens is 280 g/mol. The number of carbonyl (C=O) groups is 1. The molecule has 2 heterocycles. The van der Waals surface area contributed by atoms with Crippen LogP contribution in [0.1, 0.15) is 48.2 Å². The van der Waals surface area contributed by atoms with Crippen LogP contribution in [0.5, 0.6) is 0 Å². The predicted molar refractivity (Wildman–Crippen MR) is 83.9 cm³/mol. The molecule has 0 spiro atoms. The molecular formula is C16H20N4O2. The highest BCUT2D eigenvalue weighted by molar-refractivity contribution is 6.04. The number of aromatic nitrogens is 2. The van der Waals surface area contributed by atoms with Crippen molar-refractivity contribution in [1.29, 1.82) is 0 Å². The predicted octanol–water partition coefficient (Wildman–Crippen LogP) is 3.37. The summed E-state index contributed by atoms with van der Waals surface area (Å²) in [5, 5.41) is 9.92.